The molecule has 2 heteroatoms. The Bertz CT molecular complexity index is 645. The molecule has 1 atom stereocenters. The highest BCUT2D eigenvalue weighted by Gasteiger charge is 2.34. The summed E-state index contributed by atoms with van der Waals surface area (Å²) in [6.45, 7) is 4.18. The largest absolute Gasteiger partial charge is 0.285 e. The van der Waals surface area contributed by atoms with Gasteiger partial charge in [0, 0.05) is 6.42 Å². The Morgan fingerprint density at radius 2 is 1.80 bits per heavy atom. The Hall–Kier alpha value is -1.85. The van der Waals surface area contributed by atoms with Gasteiger partial charge in [-0.3, -0.25) is 4.90 Å². The van der Waals surface area contributed by atoms with E-state index in [4.69, 9.17) is 0 Å². The van der Waals surface area contributed by atoms with Crippen LogP contribution in [0.5, 0.6) is 0 Å². The van der Waals surface area contributed by atoms with Crippen LogP contribution in [-0.2, 0) is 6.42 Å². The van der Waals surface area contributed by atoms with Crippen molar-refractivity contribution in [2.24, 2.45) is 0 Å². The predicted molar refractivity (Wildman–Crippen MR) is 82.5 cm³/mol. The van der Waals surface area contributed by atoms with Crippen LogP contribution in [0, 0.1) is 11.3 Å². The summed E-state index contributed by atoms with van der Waals surface area (Å²) in [6, 6.07) is 17.4. The average molecular weight is 264 g/mol. The monoisotopic (exact) mass is 264 g/mol. The second-order valence-corrected chi connectivity index (χ2v) is 5.89. The Kier molecular flexibility index (Phi) is 3.46. The fourth-order valence-corrected chi connectivity index (χ4v) is 3.25. The van der Waals surface area contributed by atoms with E-state index in [-0.39, 0.29) is 5.54 Å². The van der Waals surface area contributed by atoms with Crippen molar-refractivity contribution in [3.8, 4) is 6.07 Å². The van der Waals surface area contributed by atoms with Crippen LogP contribution in [0.4, 0.5) is 0 Å². The molecule has 0 amide bonds. The van der Waals surface area contributed by atoms with Crippen LogP contribution < -0.4 is 0 Å². The minimum absolute atomic E-state index is 0.388. The summed E-state index contributed by atoms with van der Waals surface area (Å²) in [5.41, 5.74) is 0.889. The maximum atomic E-state index is 9.69. The highest BCUT2D eigenvalue weighted by Crippen LogP contribution is 2.28. The van der Waals surface area contributed by atoms with E-state index in [1.54, 1.807) is 0 Å². The smallest absolute Gasteiger partial charge is 0.110 e. The second kappa shape index (κ2) is 5.26. The Labute approximate surface area is 120 Å². The number of benzene rings is 2. The molecule has 0 aliphatic carbocycles. The molecule has 0 bridgehead atoms. The summed E-state index contributed by atoms with van der Waals surface area (Å²) < 4.78 is 0. The van der Waals surface area contributed by atoms with Crippen molar-refractivity contribution < 1.29 is 0 Å². The first-order chi connectivity index (χ1) is 9.73. The SMILES string of the molecule is CC(C#N)(Cc1cccc2ccccc12)N1CCCC1. The van der Waals surface area contributed by atoms with E-state index >= 15 is 0 Å². The molecule has 2 aromatic carbocycles. The van der Waals surface area contributed by atoms with Gasteiger partial charge in [-0.25, -0.2) is 0 Å². The van der Waals surface area contributed by atoms with E-state index < -0.39 is 0 Å². The van der Waals surface area contributed by atoms with Crippen molar-refractivity contribution in [1.82, 2.24) is 4.90 Å². The molecule has 1 aliphatic rings. The lowest BCUT2D eigenvalue weighted by Gasteiger charge is -2.32. The number of nitriles is 1. The van der Waals surface area contributed by atoms with Gasteiger partial charge in [0.1, 0.15) is 5.54 Å². The molecule has 1 heterocycles. The number of hydrogen-bond donors (Lipinski definition) is 0. The van der Waals surface area contributed by atoms with Crippen molar-refractivity contribution >= 4 is 10.8 Å². The zero-order chi connectivity index (χ0) is 14.0. The Balaban J connectivity index is 1.97. The fraction of sp³-hybridized carbons (Fsp3) is 0.389. The standard InChI is InChI=1S/C18H20N2/c1-18(14-19,20-11-4-5-12-20)13-16-9-6-8-15-7-2-3-10-17(15)16/h2-3,6-10H,4-5,11-13H2,1H3. The van der Waals surface area contributed by atoms with Gasteiger partial charge in [-0.2, -0.15) is 5.26 Å². The van der Waals surface area contributed by atoms with E-state index in [9.17, 15) is 5.26 Å². The van der Waals surface area contributed by atoms with Crippen molar-refractivity contribution in [2.75, 3.05) is 13.1 Å². The maximum absolute atomic E-state index is 9.69. The number of hydrogen-bond acceptors (Lipinski definition) is 2. The molecule has 0 aromatic heterocycles. The number of likely N-dealkylation sites (tertiary alicyclic amines) is 1. The van der Waals surface area contributed by atoms with E-state index in [2.05, 4.69) is 60.4 Å². The van der Waals surface area contributed by atoms with E-state index in [0.717, 1.165) is 19.5 Å². The summed E-state index contributed by atoms with van der Waals surface area (Å²) in [6.07, 6.45) is 3.23. The molecule has 2 nitrogen and oxygen atoms in total. The molecule has 102 valence electrons. The molecule has 0 N–H and O–H groups in total. The molecular weight excluding hydrogens is 244 g/mol. The summed E-state index contributed by atoms with van der Waals surface area (Å²) in [7, 11) is 0. The van der Waals surface area contributed by atoms with Crippen LogP contribution in [0.2, 0.25) is 0 Å². The first-order valence-electron chi connectivity index (χ1n) is 7.36. The van der Waals surface area contributed by atoms with E-state index in [1.165, 1.54) is 29.2 Å². The quantitative estimate of drug-likeness (QED) is 0.844. The second-order valence-electron chi connectivity index (χ2n) is 5.89. The molecule has 2 aromatic rings. The number of nitrogens with zero attached hydrogens (tertiary/aromatic N) is 2. The maximum Gasteiger partial charge on any atom is 0.110 e. The minimum Gasteiger partial charge on any atom is -0.285 e. The van der Waals surface area contributed by atoms with Crippen LogP contribution in [-0.4, -0.2) is 23.5 Å². The lowest BCUT2D eigenvalue weighted by atomic mass is 9.90. The van der Waals surface area contributed by atoms with Crippen molar-refractivity contribution in [2.45, 2.75) is 31.7 Å². The third kappa shape index (κ3) is 2.30. The van der Waals surface area contributed by atoms with Crippen LogP contribution in [0.1, 0.15) is 25.3 Å². The summed E-state index contributed by atoms with van der Waals surface area (Å²) in [5, 5.41) is 12.2. The van der Waals surface area contributed by atoms with Crippen LogP contribution in [0.3, 0.4) is 0 Å². The van der Waals surface area contributed by atoms with E-state index in [0.29, 0.717) is 0 Å². The number of rotatable bonds is 3. The van der Waals surface area contributed by atoms with Gasteiger partial charge in [0.15, 0.2) is 0 Å². The molecule has 1 aliphatic heterocycles. The normalized spacial score (nSPS) is 18.8. The number of fused-ring (bicyclic) bond motifs is 1. The van der Waals surface area contributed by atoms with Crippen LogP contribution >= 0.6 is 0 Å². The molecule has 0 saturated carbocycles. The van der Waals surface area contributed by atoms with Gasteiger partial charge in [0.05, 0.1) is 6.07 Å². The lowest BCUT2D eigenvalue weighted by Crippen LogP contribution is -2.45. The summed E-state index contributed by atoms with van der Waals surface area (Å²) in [4.78, 5) is 2.34. The van der Waals surface area contributed by atoms with Gasteiger partial charge in [-0.15, -0.1) is 0 Å². The van der Waals surface area contributed by atoms with Gasteiger partial charge in [-0.1, -0.05) is 42.5 Å². The first kappa shape index (κ1) is 13.1. The minimum atomic E-state index is -0.388. The molecule has 20 heavy (non-hydrogen) atoms. The highest BCUT2D eigenvalue weighted by atomic mass is 15.2. The zero-order valence-corrected chi connectivity index (χ0v) is 12.0. The van der Waals surface area contributed by atoms with Gasteiger partial charge >= 0.3 is 0 Å². The third-order valence-electron chi connectivity index (χ3n) is 4.46. The average Bonchev–Trinajstić information content (AvgIpc) is 3.02. The van der Waals surface area contributed by atoms with Crippen LogP contribution in [0.15, 0.2) is 42.5 Å². The topological polar surface area (TPSA) is 27.0 Å². The first-order valence-corrected chi connectivity index (χ1v) is 7.36. The van der Waals surface area contributed by atoms with Crippen molar-refractivity contribution in [1.29, 1.82) is 5.26 Å². The Morgan fingerprint density at radius 3 is 2.55 bits per heavy atom. The fourth-order valence-electron chi connectivity index (χ4n) is 3.25. The highest BCUT2D eigenvalue weighted by molar-refractivity contribution is 5.85. The molecule has 1 saturated heterocycles. The summed E-state index contributed by atoms with van der Waals surface area (Å²) >= 11 is 0. The van der Waals surface area contributed by atoms with Gasteiger partial charge in [0.25, 0.3) is 0 Å². The molecular formula is C18H20N2. The lowest BCUT2D eigenvalue weighted by molar-refractivity contribution is 0.192. The van der Waals surface area contributed by atoms with Gasteiger partial charge in [-0.05, 0) is 49.2 Å². The zero-order valence-electron chi connectivity index (χ0n) is 12.0. The molecule has 0 radical (unpaired) electrons. The summed E-state index contributed by atoms with van der Waals surface area (Å²) in [5.74, 6) is 0. The van der Waals surface area contributed by atoms with E-state index in [1.807, 2.05) is 0 Å². The molecule has 1 fully saturated rings. The van der Waals surface area contributed by atoms with Gasteiger partial charge < -0.3 is 0 Å². The molecule has 1 unspecified atom stereocenters. The van der Waals surface area contributed by atoms with Crippen molar-refractivity contribution in [3.63, 3.8) is 0 Å². The predicted octanol–water partition coefficient (Wildman–Crippen LogP) is 3.76. The molecule has 3 rings (SSSR count). The third-order valence-corrected chi connectivity index (χ3v) is 4.46. The van der Waals surface area contributed by atoms with Crippen molar-refractivity contribution in [3.05, 3.63) is 48.0 Å². The molecule has 0 spiro atoms. The Morgan fingerprint density at radius 1 is 1.10 bits per heavy atom. The van der Waals surface area contributed by atoms with Crippen LogP contribution in [0.25, 0.3) is 10.8 Å². The van der Waals surface area contributed by atoms with Gasteiger partial charge in [0.2, 0.25) is 0 Å².